The summed E-state index contributed by atoms with van der Waals surface area (Å²) in [6.07, 6.45) is 2.86. The third-order valence-corrected chi connectivity index (χ3v) is 6.95. The van der Waals surface area contributed by atoms with E-state index in [0.717, 1.165) is 51.1 Å². The zero-order chi connectivity index (χ0) is 16.3. The average Bonchev–Trinajstić information content (AvgIpc) is 2.62. The van der Waals surface area contributed by atoms with Crippen molar-refractivity contribution in [3.8, 4) is 0 Å². The van der Waals surface area contributed by atoms with Gasteiger partial charge in [0, 0.05) is 45.4 Å². The number of benzene rings is 1. The van der Waals surface area contributed by atoms with Gasteiger partial charge in [0.05, 0.1) is 4.90 Å². The number of piperazine rings is 1. The van der Waals surface area contributed by atoms with Crippen LogP contribution in [0.15, 0.2) is 29.2 Å². The van der Waals surface area contributed by atoms with Crippen LogP contribution in [0, 0.1) is 0 Å². The summed E-state index contributed by atoms with van der Waals surface area (Å²) in [5.74, 6) is 0. The van der Waals surface area contributed by atoms with Gasteiger partial charge in [0.1, 0.15) is 0 Å². The molecule has 1 aromatic carbocycles. The number of hydrogen-bond donors (Lipinski definition) is 0. The van der Waals surface area contributed by atoms with Crippen LogP contribution in [0.1, 0.15) is 25.3 Å². The lowest BCUT2D eigenvalue weighted by Crippen LogP contribution is -2.53. The maximum absolute atomic E-state index is 12.9. The Hall–Kier alpha value is -0.950. The summed E-state index contributed by atoms with van der Waals surface area (Å²) < 4.78 is 32.9. The number of rotatable bonds is 4. The van der Waals surface area contributed by atoms with E-state index in [4.69, 9.17) is 4.74 Å². The number of aryl methyl sites for hydroxylation is 1. The molecule has 0 bridgehead atoms. The average molecular weight is 338 g/mol. The number of nitrogens with zero attached hydrogens (tertiary/aromatic N) is 2. The van der Waals surface area contributed by atoms with Crippen LogP contribution in [0.25, 0.3) is 0 Å². The monoisotopic (exact) mass is 338 g/mol. The fourth-order valence-corrected chi connectivity index (χ4v) is 5.26. The first kappa shape index (κ1) is 16.9. The van der Waals surface area contributed by atoms with Crippen molar-refractivity contribution in [3.05, 3.63) is 29.8 Å². The molecule has 0 saturated carbocycles. The second-order valence-electron chi connectivity index (χ2n) is 6.24. The van der Waals surface area contributed by atoms with E-state index < -0.39 is 10.0 Å². The Morgan fingerprint density at radius 2 is 1.74 bits per heavy atom. The fraction of sp³-hybridized carbons (Fsp3) is 0.647. The van der Waals surface area contributed by atoms with Crippen molar-refractivity contribution in [2.75, 3.05) is 39.4 Å². The van der Waals surface area contributed by atoms with Crippen molar-refractivity contribution in [2.45, 2.75) is 37.1 Å². The Kier molecular flexibility index (Phi) is 5.36. The molecule has 0 aromatic heterocycles. The lowest BCUT2D eigenvalue weighted by molar-refractivity contribution is 0.0229. The first-order valence-electron chi connectivity index (χ1n) is 8.52. The van der Waals surface area contributed by atoms with Crippen molar-refractivity contribution >= 4 is 10.0 Å². The first-order chi connectivity index (χ1) is 11.1. The molecule has 5 nitrogen and oxygen atoms in total. The van der Waals surface area contributed by atoms with E-state index in [0.29, 0.717) is 24.0 Å². The lowest BCUT2D eigenvalue weighted by Gasteiger charge is -2.40. The van der Waals surface area contributed by atoms with E-state index in [1.54, 1.807) is 10.4 Å². The largest absolute Gasteiger partial charge is 0.381 e. The van der Waals surface area contributed by atoms with Gasteiger partial charge in [-0.3, -0.25) is 4.90 Å². The minimum absolute atomic E-state index is 0.474. The summed E-state index contributed by atoms with van der Waals surface area (Å²) in [5.41, 5.74) is 0.902. The molecule has 2 saturated heterocycles. The number of ether oxygens (including phenoxy) is 1. The molecule has 0 radical (unpaired) electrons. The van der Waals surface area contributed by atoms with Gasteiger partial charge < -0.3 is 4.74 Å². The Morgan fingerprint density at radius 3 is 2.39 bits per heavy atom. The zero-order valence-corrected chi connectivity index (χ0v) is 14.6. The van der Waals surface area contributed by atoms with Crippen molar-refractivity contribution in [1.82, 2.24) is 9.21 Å². The van der Waals surface area contributed by atoms with E-state index in [9.17, 15) is 8.42 Å². The Morgan fingerprint density at radius 1 is 1.09 bits per heavy atom. The van der Waals surface area contributed by atoms with E-state index in [1.807, 2.05) is 25.1 Å². The quantitative estimate of drug-likeness (QED) is 0.839. The number of hydrogen-bond acceptors (Lipinski definition) is 4. The Labute approximate surface area is 139 Å². The van der Waals surface area contributed by atoms with Gasteiger partial charge in [-0.05, 0) is 30.9 Å². The van der Waals surface area contributed by atoms with Gasteiger partial charge in [0.25, 0.3) is 0 Å². The lowest BCUT2D eigenvalue weighted by atomic mass is 10.1. The molecule has 0 atom stereocenters. The van der Waals surface area contributed by atoms with Gasteiger partial charge in [-0.25, -0.2) is 8.42 Å². The number of sulfonamides is 1. The molecule has 0 aliphatic carbocycles. The third-order valence-electron chi connectivity index (χ3n) is 4.95. The van der Waals surface area contributed by atoms with E-state index in [2.05, 4.69) is 4.90 Å². The minimum atomic E-state index is -3.38. The second-order valence-corrected chi connectivity index (χ2v) is 8.15. The van der Waals surface area contributed by atoms with Crippen LogP contribution in [0.4, 0.5) is 0 Å². The van der Waals surface area contributed by atoms with E-state index >= 15 is 0 Å². The van der Waals surface area contributed by atoms with Crippen molar-refractivity contribution in [2.24, 2.45) is 0 Å². The molecule has 6 heteroatoms. The van der Waals surface area contributed by atoms with Crippen LogP contribution >= 0.6 is 0 Å². The molecule has 0 amide bonds. The summed E-state index contributed by atoms with van der Waals surface area (Å²) >= 11 is 0. The Bertz CT molecular complexity index is 618. The predicted octanol–water partition coefficient (Wildman–Crippen LogP) is 1.73. The van der Waals surface area contributed by atoms with Crippen LogP contribution < -0.4 is 0 Å². The van der Waals surface area contributed by atoms with Crippen molar-refractivity contribution in [3.63, 3.8) is 0 Å². The molecule has 0 spiro atoms. The highest BCUT2D eigenvalue weighted by Crippen LogP contribution is 2.23. The van der Waals surface area contributed by atoms with Gasteiger partial charge in [-0.2, -0.15) is 4.31 Å². The van der Waals surface area contributed by atoms with Gasteiger partial charge in [0.15, 0.2) is 0 Å². The molecule has 23 heavy (non-hydrogen) atoms. The summed E-state index contributed by atoms with van der Waals surface area (Å²) in [7, 11) is -3.38. The first-order valence-corrected chi connectivity index (χ1v) is 9.97. The maximum atomic E-state index is 12.9. The molecule has 3 rings (SSSR count). The van der Waals surface area contributed by atoms with Crippen LogP contribution in [-0.4, -0.2) is 63.1 Å². The fourth-order valence-electron chi connectivity index (χ4n) is 3.55. The molecule has 0 unspecified atom stereocenters. The van der Waals surface area contributed by atoms with Crippen LogP contribution in [-0.2, 0) is 21.2 Å². The van der Waals surface area contributed by atoms with E-state index in [-0.39, 0.29) is 0 Å². The molecule has 1 aromatic rings. The predicted molar refractivity (Wildman–Crippen MR) is 90.0 cm³/mol. The summed E-state index contributed by atoms with van der Waals surface area (Å²) in [6.45, 7) is 6.45. The normalized spacial score (nSPS) is 22.3. The zero-order valence-electron chi connectivity index (χ0n) is 13.8. The molecule has 2 fully saturated rings. The van der Waals surface area contributed by atoms with Gasteiger partial charge in [-0.15, -0.1) is 0 Å². The summed E-state index contributed by atoms with van der Waals surface area (Å²) in [4.78, 5) is 2.90. The summed E-state index contributed by atoms with van der Waals surface area (Å²) in [5, 5.41) is 0. The van der Waals surface area contributed by atoms with Gasteiger partial charge >= 0.3 is 0 Å². The van der Waals surface area contributed by atoms with Crippen LogP contribution in [0.2, 0.25) is 0 Å². The molecule has 128 valence electrons. The van der Waals surface area contributed by atoms with Gasteiger partial charge in [-0.1, -0.05) is 25.1 Å². The smallest absolute Gasteiger partial charge is 0.243 e. The van der Waals surface area contributed by atoms with Crippen LogP contribution in [0.3, 0.4) is 0 Å². The second kappa shape index (κ2) is 7.30. The van der Waals surface area contributed by atoms with Gasteiger partial charge in [0.2, 0.25) is 10.0 Å². The highest BCUT2D eigenvalue weighted by molar-refractivity contribution is 7.89. The highest BCUT2D eigenvalue weighted by Gasteiger charge is 2.32. The standard InChI is InChI=1S/C17H26N2O3S/c1-2-15-5-3-4-6-17(15)23(20,21)19-11-9-18(10-12-19)16-7-13-22-14-8-16/h3-6,16H,2,7-14H2,1H3. The van der Waals surface area contributed by atoms with Crippen molar-refractivity contribution in [1.29, 1.82) is 0 Å². The molecule has 2 aliphatic rings. The van der Waals surface area contributed by atoms with Crippen molar-refractivity contribution < 1.29 is 13.2 Å². The molecular weight excluding hydrogens is 312 g/mol. The SMILES string of the molecule is CCc1ccccc1S(=O)(=O)N1CCN(C2CCOCC2)CC1. The maximum Gasteiger partial charge on any atom is 0.243 e. The molecule has 0 N–H and O–H groups in total. The van der Waals surface area contributed by atoms with E-state index in [1.165, 1.54) is 0 Å². The molecule has 2 heterocycles. The van der Waals surface area contributed by atoms with Crippen LogP contribution in [0.5, 0.6) is 0 Å². The summed E-state index contributed by atoms with van der Waals surface area (Å²) in [6, 6.07) is 7.91. The highest BCUT2D eigenvalue weighted by atomic mass is 32.2. The molecule has 2 aliphatic heterocycles. The third kappa shape index (κ3) is 3.60. The minimum Gasteiger partial charge on any atom is -0.381 e. The topological polar surface area (TPSA) is 49.9 Å². The Balaban J connectivity index is 1.68. The molecular formula is C17H26N2O3S.